The van der Waals surface area contributed by atoms with Gasteiger partial charge in [-0.2, -0.15) is 0 Å². The van der Waals surface area contributed by atoms with Gasteiger partial charge in [0.05, 0.1) is 6.61 Å². The Hall–Kier alpha value is -2.26. The Morgan fingerprint density at radius 1 is 1.29 bits per heavy atom. The molecule has 28 heavy (non-hydrogen) atoms. The highest BCUT2D eigenvalue weighted by atomic mass is 16.3. The number of unbranched alkanes of at least 4 members (excludes halogenated alkanes) is 2. The summed E-state index contributed by atoms with van der Waals surface area (Å²) in [6.45, 7) is 5.32. The van der Waals surface area contributed by atoms with Gasteiger partial charge in [0.25, 0.3) is 5.91 Å². The average Bonchev–Trinajstić information content (AvgIpc) is 2.89. The van der Waals surface area contributed by atoms with E-state index in [1.54, 1.807) is 20.8 Å². The predicted octanol–water partition coefficient (Wildman–Crippen LogP) is -0.323. The fourth-order valence-electron chi connectivity index (χ4n) is 2.65. The minimum absolute atomic E-state index is 0.113. The number of aliphatic hydroxyl groups excluding tert-OH is 2. The molecule has 0 radical (unpaired) electrons. The van der Waals surface area contributed by atoms with Gasteiger partial charge < -0.3 is 20.8 Å². The number of aliphatic hydroxyl groups is 2. The zero-order chi connectivity index (χ0) is 21.3. The summed E-state index contributed by atoms with van der Waals surface area (Å²) in [5.74, 6) is -1.56. The number of carbonyl (C=O) groups excluding carboxylic acids is 4. The molecule has 1 unspecified atom stereocenters. The monoisotopic (exact) mass is 397 g/mol. The summed E-state index contributed by atoms with van der Waals surface area (Å²) in [7, 11) is 0. The van der Waals surface area contributed by atoms with Crippen LogP contribution in [0.1, 0.15) is 46.5 Å². The maximum atomic E-state index is 11.8. The molecule has 0 aliphatic carbocycles. The van der Waals surface area contributed by atoms with Crippen molar-refractivity contribution in [3.8, 4) is 0 Å². The van der Waals surface area contributed by atoms with Crippen molar-refractivity contribution in [3.05, 3.63) is 12.3 Å². The number of nitrogens with zero attached hydrogens (tertiary/aromatic N) is 1. The summed E-state index contributed by atoms with van der Waals surface area (Å²) in [6, 6.07) is 0. The number of imide groups is 1. The van der Waals surface area contributed by atoms with E-state index in [2.05, 4.69) is 10.6 Å². The second kappa shape index (κ2) is 10.9. The molecule has 0 bridgehead atoms. The number of hydrogen-bond acceptors (Lipinski definition) is 6. The van der Waals surface area contributed by atoms with Gasteiger partial charge in [0.2, 0.25) is 17.7 Å². The lowest BCUT2D eigenvalue weighted by molar-refractivity contribution is -0.139. The molecule has 2 atom stereocenters. The Morgan fingerprint density at radius 3 is 2.54 bits per heavy atom. The molecule has 0 saturated carbocycles. The van der Waals surface area contributed by atoms with Crippen LogP contribution in [0.5, 0.6) is 0 Å². The molecule has 1 fully saturated rings. The number of rotatable bonds is 11. The SMILES string of the molecule is CC1CC(=O)N(CCCCCNC(=O)/C=C\NC(=O)[C@H](O)C(C)(C)CO)C1=O. The third-order valence-corrected chi connectivity index (χ3v) is 4.68. The Bertz CT molecular complexity index is 617. The number of nitrogens with one attached hydrogen (secondary N) is 2. The molecule has 4 N–H and O–H groups in total. The molecule has 1 heterocycles. The van der Waals surface area contributed by atoms with Crippen molar-refractivity contribution in [1.82, 2.24) is 15.5 Å². The van der Waals surface area contributed by atoms with Gasteiger partial charge in [-0.05, 0) is 19.3 Å². The van der Waals surface area contributed by atoms with Gasteiger partial charge >= 0.3 is 0 Å². The van der Waals surface area contributed by atoms with Gasteiger partial charge in [0, 0.05) is 43.1 Å². The standard InChI is InChI=1S/C19H31N3O6/c1-13-11-15(25)22(18(13)28)10-6-4-5-8-20-14(24)7-9-21-17(27)16(26)19(2,3)12-23/h7,9,13,16,23,26H,4-6,8,10-12H2,1-3H3,(H,20,24)(H,21,27)/b9-7-/t13?,16-/m0/s1. The highest BCUT2D eigenvalue weighted by molar-refractivity contribution is 6.03. The van der Waals surface area contributed by atoms with E-state index in [1.807, 2.05) is 0 Å². The van der Waals surface area contributed by atoms with E-state index >= 15 is 0 Å². The molecule has 1 rings (SSSR count). The minimum atomic E-state index is -1.40. The van der Waals surface area contributed by atoms with Crippen molar-refractivity contribution in [1.29, 1.82) is 0 Å². The number of amides is 4. The molecule has 0 aromatic carbocycles. The summed E-state index contributed by atoms with van der Waals surface area (Å²) >= 11 is 0. The van der Waals surface area contributed by atoms with E-state index in [0.29, 0.717) is 25.9 Å². The van der Waals surface area contributed by atoms with Crippen LogP contribution in [0.4, 0.5) is 0 Å². The lowest BCUT2D eigenvalue weighted by Gasteiger charge is -2.26. The highest BCUT2D eigenvalue weighted by Crippen LogP contribution is 2.20. The van der Waals surface area contributed by atoms with Crippen molar-refractivity contribution in [3.63, 3.8) is 0 Å². The minimum Gasteiger partial charge on any atom is -0.396 e. The van der Waals surface area contributed by atoms with Crippen molar-refractivity contribution in [2.24, 2.45) is 11.3 Å². The maximum Gasteiger partial charge on any atom is 0.253 e. The van der Waals surface area contributed by atoms with Crippen LogP contribution in [0.3, 0.4) is 0 Å². The lowest BCUT2D eigenvalue weighted by atomic mass is 9.87. The first-order valence-electron chi connectivity index (χ1n) is 9.48. The van der Waals surface area contributed by atoms with Crippen LogP contribution in [0, 0.1) is 11.3 Å². The molecule has 0 aromatic heterocycles. The summed E-state index contributed by atoms with van der Waals surface area (Å²) < 4.78 is 0. The summed E-state index contributed by atoms with van der Waals surface area (Å²) in [6.07, 6.45) is 3.30. The molecule has 0 spiro atoms. The number of carbonyl (C=O) groups is 4. The fourth-order valence-corrected chi connectivity index (χ4v) is 2.65. The van der Waals surface area contributed by atoms with E-state index in [1.165, 1.54) is 4.90 Å². The van der Waals surface area contributed by atoms with Crippen LogP contribution >= 0.6 is 0 Å². The molecule has 9 nitrogen and oxygen atoms in total. The third-order valence-electron chi connectivity index (χ3n) is 4.68. The van der Waals surface area contributed by atoms with E-state index in [-0.39, 0.29) is 30.8 Å². The van der Waals surface area contributed by atoms with Crippen LogP contribution in [0.25, 0.3) is 0 Å². The van der Waals surface area contributed by atoms with Crippen LogP contribution in [-0.4, -0.2) is 64.5 Å². The summed E-state index contributed by atoms with van der Waals surface area (Å²) in [5, 5.41) is 23.9. The Morgan fingerprint density at radius 2 is 1.96 bits per heavy atom. The molecule has 1 aliphatic heterocycles. The number of likely N-dealkylation sites (tertiary alicyclic amines) is 1. The molecule has 9 heteroatoms. The van der Waals surface area contributed by atoms with Crippen LogP contribution in [-0.2, 0) is 19.2 Å². The van der Waals surface area contributed by atoms with Crippen LogP contribution in [0.2, 0.25) is 0 Å². The van der Waals surface area contributed by atoms with E-state index in [0.717, 1.165) is 18.7 Å². The average molecular weight is 397 g/mol. The molecule has 1 saturated heterocycles. The Balaban J connectivity index is 2.17. The zero-order valence-electron chi connectivity index (χ0n) is 16.7. The topological polar surface area (TPSA) is 136 Å². The van der Waals surface area contributed by atoms with Gasteiger partial charge in [-0.25, -0.2) is 0 Å². The van der Waals surface area contributed by atoms with Gasteiger partial charge in [0.15, 0.2) is 0 Å². The largest absolute Gasteiger partial charge is 0.396 e. The quantitative estimate of drug-likeness (QED) is 0.214. The second-order valence-corrected chi connectivity index (χ2v) is 7.73. The fraction of sp³-hybridized carbons (Fsp3) is 0.684. The Labute approximate surface area is 165 Å². The van der Waals surface area contributed by atoms with Crippen molar-refractivity contribution in [2.45, 2.75) is 52.6 Å². The molecular weight excluding hydrogens is 366 g/mol. The van der Waals surface area contributed by atoms with E-state index in [9.17, 15) is 24.3 Å². The van der Waals surface area contributed by atoms with E-state index in [4.69, 9.17) is 5.11 Å². The second-order valence-electron chi connectivity index (χ2n) is 7.73. The smallest absolute Gasteiger partial charge is 0.253 e. The molecule has 4 amide bonds. The van der Waals surface area contributed by atoms with Crippen molar-refractivity contribution >= 4 is 23.6 Å². The molecule has 0 aromatic rings. The first kappa shape index (κ1) is 23.8. The lowest BCUT2D eigenvalue weighted by Crippen LogP contribution is -2.44. The van der Waals surface area contributed by atoms with Gasteiger partial charge in [-0.15, -0.1) is 0 Å². The third kappa shape index (κ3) is 7.05. The van der Waals surface area contributed by atoms with Crippen LogP contribution in [0.15, 0.2) is 12.3 Å². The predicted molar refractivity (Wildman–Crippen MR) is 102 cm³/mol. The summed E-state index contributed by atoms with van der Waals surface area (Å²) in [4.78, 5) is 48.1. The zero-order valence-corrected chi connectivity index (χ0v) is 16.7. The number of hydrogen-bond donors (Lipinski definition) is 4. The van der Waals surface area contributed by atoms with Crippen molar-refractivity contribution < 1.29 is 29.4 Å². The maximum absolute atomic E-state index is 11.8. The van der Waals surface area contributed by atoms with Gasteiger partial charge in [-0.3, -0.25) is 24.1 Å². The highest BCUT2D eigenvalue weighted by Gasteiger charge is 2.34. The van der Waals surface area contributed by atoms with Crippen molar-refractivity contribution in [2.75, 3.05) is 19.7 Å². The Kier molecular flexibility index (Phi) is 9.27. The van der Waals surface area contributed by atoms with Gasteiger partial charge in [0.1, 0.15) is 6.10 Å². The summed E-state index contributed by atoms with van der Waals surface area (Å²) in [5.41, 5.74) is -0.984. The molecule has 158 valence electrons. The molecular formula is C19H31N3O6. The first-order chi connectivity index (χ1) is 13.1. The first-order valence-corrected chi connectivity index (χ1v) is 9.48. The molecule has 1 aliphatic rings. The van der Waals surface area contributed by atoms with Crippen LogP contribution < -0.4 is 10.6 Å². The van der Waals surface area contributed by atoms with Gasteiger partial charge in [-0.1, -0.05) is 20.8 Å². The normalized spacial score (nSPS) is 18.6. The van der Waals surface area contributed by atoms with E-state index < -0.39 is 23.3 Å².